The average Bonchev–Trinajstić information content (AvgIpc) is 2.24. The largest absolute Gasteiger partial charge is 0.381 e. The third kappa shape index (κ3) is 2.86. The van der Waals surface area contributed by atoms with Crippen molar-refractivity contribution in [3.05, 3.63) is 31.9 Å². The second-order valence-electron chi connectivity index (χ2n) is 4.09. The van der Waals surface area contributed by atoms with Gasteiger partial charge in [-0.3, -0.25) is 10.1 Å². The van der Waals surface area contributed by atoms with E-state index in [2.05, 4.69) is 27.9 Å². The van der Waals surface area contributed by atoms with Crippen LogP contribution in [-0.4, -0.2) is 24.2 Å². The zero-order valence-corrected chi connectivity index (χ0v) is 11.5. The van der Waals surface area contributed by atoms with Gasteiger partial charge in [-0.1, -0.05) is 0 Å². The van der Waals surface area contributed by atoms with Gasteiger partial charge in [-0.25, -0.2) is 0 Å². The highest BCUT2D eigenvalue weighted by Crippen LogP contribution is 2.30. The van der Waals surface area contributed by atoms with Crippen molar-refractivity contribution in [3.8, 4) is 0 Å². The number of nitro groups is 1. The molecule has 0 amide bonds. The van der Waals surface area contributed by atoms with Crippen LogP contribution in [0.3, 0.4) is 0 Å². The molecule has 0 heterocycles. The molecule has 0 radical (unpaired) electrons. The van der Waals surface area contributed by atoms with Gasteiger partial charge >= 0.3 is 0 Å². The molecule has 17 heavy (non-hydrogen) atoms. The highest BCUT2D eigenvalue weighted by Gasteiger charge is 2.29. The fraction of sp³-hybridized carbons (Fsp3) is 0.455. The van der Waals surface area contributed by atoms with Gasteiger partial charge in [0.15, 0.2) is 0 Å². The molecule has 6 heteroatoms. The molecule has 0 atom stereocenters. The lowest BCUT2D eigenvalue weighted by Gasteiger charge is -2.35. The highest BCUT2D eigenvalue weighted by molar-refractivity contribution is 14.1. The molecule has 0 saturated heterocycles. The van der Waals surface area contributed by atoms with Gasteiger partial charge in [0.25, 0.3) is 5.69 Å². The van der Waals surface area contributed by atoms with Crippen LogP contribution in [0.15, 0.2) is 18.2 Å². The van der Waals surface area contributed by atoms with Crippen LogP contribution in [-0.2, 0) is 4.74 Å². The van der Waals surface area contributed by atoms with Gasteiger partial charge in [0, 0.05) is 34.5 Å². The van der Waals surface area contributed by atoms with Crippen LogP contribution >= 0.6 is 22.6 Å². The van der Waals surface area contributed by atoms with Gasteiger partial charge in [0.05, 0.1) is 11.0 Å². The molecular weight excluding hydrogens is 335 g/mol. The van der Waals surface area contributed by atoms with Crippen LogP contribution < -0.4 is 5.32 Å². The van der Waals surface area contributed by atoms with Crippen molar-refractivity contribution in [1.29, 1.82) is 0 Å². The van der Waals surface area contributed by atoms with E-state index in [-0.39, 0.29) is 10.6 Å². The molecule has 1 fully saturated rings. The summed E-state index contributed by atoms with van der Waals surface area (Å²) in [4.78, 5) is 10.2. The lowest BCUT2D eigenvalue weighted by atomic mass is 9.89. The number of non-ortho nitro benzene ring substituents is 1. The monoisotopic (exact) mass is 348 g/mol. The molecule has 1 aliphatic rings. The molecule has 0 bridgehead atoms. The van der Waals surface area contributed by atoms with Crippen molar-refractivity contribution >= 4 is 34.0 Å². The lowest BCUT2D eigenvalue weighted by Crippen LogP contribution is -2.40. The Morgan fingerprint density at radius 1 is 1.53 bits per heavy atom. The van der Waals surface area contributed by atoms with E-state index in [9.17, 15) is 10.1 Å². The number of halogens is 1. The molecule has 1 aromatic carbocycles. The SMILES string of the molecule is COC1CC(Nc2ccc([N+](=O)[O-])cc2I)C1. The van der Waals surface area contributed by atoms with Crippen LogP contribution in [0.1, 0.15) is 12.8 Å². The summed E-state index contributed by atoms with van der Waals surface area (Å²) in [5.74, 6) is 0. The maximum Gasteiger partial charge on any atom is 0.270 e. The summed E-state index contributed by atoms with van der Waals surface area (Å²) in [6, 6.07) is 5.28. The zero-order valence-electron chi connectivity index (χ0n) is 9.35. The van der Waals surface area contributed by atoms with Crippen molar-refractivity contribution in [2.24, 2.45) is 0 Å². The minimum atomic E-state index is -0.379. The summed E-state index contributed by atoms with van der Waals surface area (Å²) in [7, 11) is 1.72. The second kappa shape index (κ2) is 5.18. The molecule has 1 aliphatic carbocycles. The molecule has 1 N–H and O–H groups in total. The van der Waals surface area contributed by atoms with Gasteiger partial charge in [0.2, 0.25) is 0 Å². The molecule has 5 nitrogen and oxygen atoms in total. The van der Waals surface area contributed by atoms with Crippen LogP contribution in [0, 0.1) is 13.7 Å². The number of rotatable bonds is 4. The minimum absolute atomic E-state index is 0.128. The van der Waals surface area contributed by atoms with Crippen molar-refractivity contribution in [2.45, 2.75) is 25.0 Å². The first kappa shape index (κ1) is 12.6. The van der Waals surface area contributed by atoms with Crippen LogP contribution in [0.2, 0.25) is 0 Å². The van der Waals surface area contributed by atoms with E-state index in [1.165, 1.54) is 6.07 Å². The van der Waals surface area contributed by atoms with Gasteiger partial charge in [-0.15, -0.1) is 0 Å². The lowest BCUT2D eigenvalue weighted by molar-refractivity contribution is -0.384. The van der Waals surface area contributed by atoms with Gasteiger partial charge in [0.1, 0.15) is 0 Å². The summed E-state index contributed by atoms with van der Waals surface area (Å²) >= 11 is 2.11. The Morgan fingerprint density at radius 3 is 2.76 bits per heavy atom. The first-order valence-electron chi connectivity index (χ1n) is 5.33. The molecule has 0 unspecified atom stereocenters. The summed E-state index contributed by atoms with van der Waals surface area (Å²) in [6.07, 6.45) is 2.33. The molecular formula is C11H13IN2O3. The molecule has 0 aromatic heterocycles. The molecule has 1 saturated carbocycles. The van der Waals surface area contributed by atoms with E-state index in [0.717, 1.165) is 22.1 Å². The average molecular weight is 348 g/mol. The number of nitrogens with zero attached hydrogens (tertiary/aromatic N) is 1. The maximum absolute atomic E-state index is 10.6. The Morgan fingerprint density at radius 2 is 2.24 bits per heavy atom. The van der Waals surface area contributed by atoms with Crippen molar-refractivity contribution in [3.63, 3.8) is 0 Å². The number of anilines is 1. The van der Waals surface area contributed by atoms with Crippen molar-refractivity contribution in [2.75, 3.05) is 12.4 Å². The smallest absolute Gasteiger partial charge is 0.270 e. The maximum atomic E-state index is 10.6. The molecule has 0 aliphatic heterocycles. The number of hydrogen-bond donors (Lipinski definition) is 1. The number of methoxy groups -OCH3 is 1. The summed E-state index contributed by atoms with van der Waals surface area (Å²) in [5.41, 5.74) is 1.08. The van der Waals surface area contributed by atoms with Crippen LogP contribution in [0.5, 0.6) is 0 Å². The second-order valence-corrected chi connectivity index (χ2v) is 5.25. The number of ether oxygens (including phenoxy) is 1. The molecule has 1 aromatic rings. The van der Waals surface area contributed by atoms with E-state index < -0.39 is 0 Å². The highest BCUT2D eigenvalue weighted by atomic mass is 127. The van der Waals surface area contributed by atoms with Crippen LogP contribution in [0.25, 0.3) is 0 Å². The normalized spacial score (nSPS) is 22.9. The standard InChI is InChI=1S/C11H13IN2O3/c1-17-9-4-7(5-9)13-11-3-2-8(14(15)16)6-10(11)12/h2-3,6-7,9,13H,4-5H2,1H3. The molecule has 92 valence electrons. The predicted octanol–water partition coefficient (Wildman–Crippen LogP) is 2.79. The number of benzene rings is 1. The molecule has 0 spiro atoms. The molecule has 2 rings (SSSR count). The third-order valence-electron chi connectivity index (χ3n) is 2.95. The third-order valence-corrected chi connectivity index (χ3v) is 3.84. The first-order valence-corrected chi connectivity index (χ1v) is 6.41. The first-order chi connectivity index (χ1) is 8.10. The zero-order chi connectivity index (χ0) is 12.4. The Kier molecular flexibility index (Phi) is 3.82. The quantitative estimate of drug-likeness (QED) is 0.516. The Balaban J connectivity index is 2.00. The van der Waals surface area contributed by atoms with E-state index in [4.69, 9.17) is 4.74 Å². The van der Waals surface area contributed by atoms with Gasteiger partial charge in [-0.2, -0.15) is 0 Å². The Hall–Kier alpha value is -0.890. The van der Waals surface area contributed by atoms with E-state index in [0.29, 0.717) is 12.1 Å². The summed E-state index contributed by atoms with van der Waals surface area (Å²) in [6.45, 7) is 0. The van der Waals surface area contributed by atoms with Gasteiger partial charge < -0.3 is 10.1 Å². The fourth-order valence-corrected chi connectivity index (χ4v) is 2.49. The summed E-state index contributed by atoms with van der Waals surface area (Å²) in [5, 5.41) is 14.0. The van der Waals surface area contributed by atoms with Crippen molar-refractivity contribution in [1.82, 2.24) is 0 Å². The van der Waals surface area contributed by atoms with Crippen molar-refractivity contribution < 1.29 is 9.66 Å². The number of hydrogen-bond acceptors (Lipinski definition) is 4. The Bertz CT molecular complexity index is 433. The fourth-order valence-electron chi connectivity index (χ4n) is 1.83. The summed E-state index contributed by atoms with van der Waals surface area (Å²) < 4.78 is 6.08. The predicted molar refractivity (Wildman–Crippen MR) is 73.3 cm³/mol. The Labute approximate surface area is 113 Å². The van der Waals surface area contributed by atoms with Gasteiger partial charge in [-0.05, 0) is 41.5 Å². The number of nitrogens with one attached hydrogen (secondary N) is 1. The number of nitro benzene ring substituents is 1. The van der Waals surface area contributed by atoms with E-state index >= 15 is 0 Å². The minimum Gasteiger partial charge on any atom is -0.381 e. The van der Waals surface area contributed by atoms with E-state index in [1.807, 2.05) is 0 Å². The van der Waals surface area contributed by atoms with Crippen LogP contribution in [0.4, 0.5) is 11.4 Å². The topological polar surface area (TPSA) is 64.4 Å². The van der Waals surface area contributed by atoms with E-state index in [1.54, 1.807) is 19.2 Å².